The molecule has 0 aliphatic rings. The Kier molecular flexibility index (Phi) is 9.07. The van der Waals surface area contributed by atoms with Crippen LogP contribution in [0.5, 0.6) is 0 Å². The van der Waals surface area contributed by atoms with Crippen LogP contribution in [0.25, 0.3) is 32.7 Å². The van der Waals surface area contributed by atoms with Gasteiger partial charge in [-0.3, -0.25) is 0 Å². The van der Waals surface area contributed by atoms with Gasteiger partial charge in [0.2, 0.25) is 0 Å². The number of unbranched alkanes of at least 4 members (excludes halogenated alkanes) is 2. The Hall–Kier alpha value is -3.58. The lowest BCUT2D eigenvalue weighted by molar-refractivity contribution is 0.403. The van der Waals surface area contributed by atoms with Gasteiger partial charge in [-0.05, 0) is 89.6 Å². The molecule has 0 saturated carbocycles. The Bertz CT molecular complexity index is 1610. The summed E-state index contributed by atoms with van der Waals surface area (Å²) in [5.41, 5.74) is 6.76. The van der Waals surface area contributed by atoms with Gasteiger partial charge in [0.15, 0.2) is 0 Å². The number of fused-ring (bicyclic) bond motifs is 3. The molecule has 0 aliphatic carbocycles. The number of benzene rings is 5. The smallest absolute Gasteiger partial charge is 0.0495 e. The molecule has 1 heteroatoms. The minimum Gasteiger partial charge on any atom is -0.335 e. The third kappa shape index (κ3) is 5.98. The molecule has 1 atom stereocenters. The van der Waals surface area contributed by atoms with Gasteiger partial charge in [-0.25, -0.2) is 0 Å². The van der Waals surface area contributed by atoms with Crippen LogP contribution in [0.4, 0.5) is 11.4 Å². The van der Waals surface area contributed by atoms with Gasteiger partial charge in [-0.2, -0.15) is 0 Å². The highest BCUT2D eigenvalue weighted by Crippen LogP contribution is 2.42. The molecule has 1 nitrogen and oxygen atoms in total. The average Bonchev–Trinajstić information content (AvgIpc) is 3.03. The van der Waals surface area contributed by atoms with Gasteiger partial charge in [0, 0.05) is 22.3 Å². The van der Waals surface area contributed by atoms with Crippen molar-refractivity contribution in [1.29, 1.82) is 0 Å². The van der Waals surface area contributed by atoms with E-state index in [0.29, 0.717) is 0 Å². The first-order chi connectivity index (χ1) is 20.3. The van der Waals surface area contributed by atoms with Crippen molar-refractivity contribution in [1.82, 2.24) is 0 Å². The molecule has 218 valence electrons. The highest BCUT2D eigenvalue weighted by Gasteiger charge is 2.29. The standard InChI is InChI=1S/C41H49N/c1-7-10-29-40(4,5)42(39-18-14-17-37-36-16-13-12-15-33(36)23-28-38(37)39)35-26-21-32(22-27-35)31-19-24-34(25-20-31)41(6,9-3)30-11-8-2/h12-28H,7-11,29-30H2,1-6H3. The number of hydrogen-bond donors (Lipinski definition) is 0. The van der Waals surface area contributed by atoms with Crippen LogP contribution in [0.15, 0.2) is 103 Å². The molecule has 0 aromatic heterocycles. The van der Waals surface area contributed by atoms with Crippen molar-refractivity contribution in [3.63, 3.8) is 0 Å². The van der Waals surface area contributed by atoms with Crippen LogP contribution in [-0.4, -0.2) is 5.54 Å². The molecule has 0 saturated heterocycles. The van der Waals surface area contributed by atoms with Crippen molar-refractivity contribution >= 4 is 32.9 Å². The van der Waals surface area contributed by atoms with Crippen LogP contribution < -0.4 is 4.90 Å². The van der Waals surface area contributed by atoms with Crippen molar-refractivity contribution in [3.8, 4) is 11.1 Å². The number of nitrogens with zero attached hydrogens (tertiary/aromatic N) is 1. The highest BCUT2D eigenvalue weighted by atomic mass is 15.2. The Balaban J connectivity index is 1.53. The molecule has 0 bridgehead atoms. The molecule has 0 heterocycles. The number of anilines is 2. The molecule has 0 radical (unpaired) electrons. The van der Waals surface area contributed by atoms with E-state index in [2.05, 4.69) is 150 Å². The molecule has 1 unspecified atom stereocenters. The lowest BCUT2D eigenvalue weighted by Gasteiger charge is -2.41. The molecule has 0 fully saturated rings. The van der Waals surface area contributed by atoms with Crippen molar-refractivity contribution in [2.45, 2.75) is 97.4 Å². The van der Waals surface area contributed by atoms with E-state index in [9.17, 15) is 0 Å². The number of rotatable bonds is 12. The Morgan fingerprint density at radius 1 is 0.548 bits per heavy atom. The second-order valence-electron chi connectivity index (χ2n) is 13.1. The van der Waals surface area contributed by atoms with Gasteiger partial charge < -0.3 is 4.90 Å². The minimum absolute atomic E-state index is 0.0395. The quantitative estimate of drug-likeness (QED) is 0.138. The van der Waals surface area contributed by atoms with Crippen LogP contribution in [0.3, 0.4) is 0 Å². The summed E-state index contributed by atoms with van der Waals surface area (Å²) in [4.78, 5) is 2.59. The maximum atomic E-state index is 2.59. The zero-order valence-corrected chi connectivity index (χ0v) is 26.7. The molecular weight excluding hydrogens is 506 g/mol. The first kappa shape index (κ1) is 29.9. The molecule has 0 spiro atoms. The van der Waals surface area contributed by atoms with Crippen molar-refractivity contribution in [2.75, 3.05) is 4.90 Å². The number of hydrogen-bond acceptors (Lipinski definition) is 1. The van der Waals surface area contributed by atoms with Crippen molar-refractivity contribution in [3.05, 3.63) is 109 Å². The third-order valence-electron chi connectivity index (χ3n) is 9.66. The largest absolute Gasteiger partial charge is 0.335 e. The molecule has 5 rings (SSSR count). The van der Waals surface area contributed by atoms with Gasteiger partial charge in [-0.1, -0.05) is 138 Å². The SMILES string of the molecule is CCCCC(C)(CC)c1ccc(-c2ccc(N(c3cccc4c3ccc3ccccc34)C(C)(C)CCCC)cc2)cc1. The maximum absolute atomic E-state index is 2.59. The Labute approximate surface area is 254 Å². The fraction of sp³-hybridized carbons (Fsp3) is 0.366. The monoisotopic (exact) mass is 555 g/mol. The van der Waals surface area contributed by atoms with Crippen LogP contribution in [-0.2, 0) is 5.41 Å². The third-order valence-corrected chi connectivity index (χ3v) is 9.66. The van der Waals surface area contributed by atoms with E-state index >= 15 is 0 Å². The van der Waals surface area contributed by atoms with Crippen LogP contribution >= 0.6 is 0 Å². The van der Waals surface area contributed by atoms with E-state index in [0.717, 1.165) is 6.42 Å². The van der Waals surface area contributed by atoms with E-state index in [-0.39, 0.29) is 11.0 Å². The fourth-order valence-corrected chi connectivity index (χ4v) is 6.71. The van der Waals surface area contributed by atoms with Crippen molar-refractivity contribution < 1.29 is 0 Å². The van der Waals surface area contributed by atoms with Gasteiger partial charge in [-0.15, -0.1) is 0 Å². The lowest BCUT2D eigenvalue weighted by Crippen LogP contribution is -2.40. The van der Waals surface area contributed by atoms with E-state index in [1.54, 1.807) is 0 Å². The van der Waals surface area contributed by atoms with Gasteiger partial charge >= 0.3 is 0 Å². The summed E-state index contributed by atoms with van der Waals surface area (Å²) in [5.74, 6) is 0. The van der Waals surface area contributed by atoms with Crippen LogP contribution in [0.1, 0.15) is 92.1 Å². The summed E-state index contributed by atoms with van der Waals surface area (Å²) in [5, 5.41) is 5.23. The Morgan fingerprint density at radius 2 is 1.17 bits per heavy atom. The minimum atomic E-state index is -0.0395. The first-order valence-electron chi connectivity index (χ1n) is 16.2. The van der Waals surface area contributed by atoms with Crippen molar-refractivity contribution in [2.24, 2.45) is 0 Å². The van der Waals surface area contributed by atoms with Crippen LogP contribution in [0, 0.1) is 0 Å². The second-order valence-corrected chi connectivity index (χ2v) is 13.1. The maximum Gasteiger partial charge on any atom is 0.0495 e. The zero-order chi connectivity index (χ0) is 29.7. The van der Waals surface area contributed by atoms with Gasteiger partial charge in [0.05, 0.1) is 0 Å². The lowest BCUT2D eigenvalue weighted by atomic mass is 9.76. The summed E-state index contributed by atoms with van der Waals surface area (Å²) in [7, 11) is 0. The van der Waals surface area contributed by atoms with Crippen LogP contribution in [0.2, 0.25) is 0 Å². The predicted molar refractivity (Wildman–Crippen MR) is 186 cm³/mol. The summed E-state index contributed by atoms with van der Waals surface area (Å²) < 4.78 is 0. The van der Waals surface area contributed by atoms with E-state index in [1.807, 2.05) is 0 Å². The molecule has 0 aliphatic heterocycles. The normalized spacial score (nSPS) is 13.4. The van der Waals surface area contributed by atoms with E-state index < -0.39 is 0 Å². The summed E-state index contributed by atoms with van der Waals surface area (Å²) in [6.07, 6.45) is 8.49. The average molecular weight is 556 g/mol. The fourth-order valence-electron chi connectivity index (χ4n) is 6.71. The predicted octanol–water partition coefficient (Wildman–Crippen LogP) is 12.6. The summed E-state index contributed by atoms with van der Waals surface area (Å²) >= 11 is 0. The Morgan fingerprint density at radius 3 is 1.83 bits per heavy atom. The summed E-state index contributed by atoms with van der Waals surface area (Å²) in [6, 6.07) is 38.8. The first-order valence-corrected chi connectivity index (χ1v) is 16.2. The zero-order valence-electron chi connectivity index (χ0n) is 26.7. The molecule has 0 amide bonds. The molecule has 0 N–H and O–H groups in total. The van der Waals surface area contributed by atoms with E-state index in [4.69, 9.17) is 0 Å². The van der Waals surface area contributed by atoms with E-state index in [1.165, 1.54) is 88.1 Å². The molecule has 42 heavy (non-hydrogen) atoms. The highest BCUT2D eigenvalue weighted by molar-refractivity contribution is 6.12. The van der Waals surface area contributed by atoms with Gasteiger partial charge in [0.1, 0.15) is 0 Å². The molecular formula is C41H49N. The molecule has 5 aromatic carbocycles. The second kappa shape index (κ2) is 12.7. The summed E-state index contributed by atoms with van der Waals surface area (Å²) in [6.45, 7) is 14.1. The molecule has 5 aromatic rings. The topological polar surface area (TPSA) is 3.24 Å². The van der Waals surface area contributed by atoms with Gasteiger partial charge in [0.25, 0.3) is 0 Å².